The van der Waals surface area contributed by atoms with Gasteiger partial charge in [0.05, 0.1) is 11.5 Å². The molecule has 1 aliphatic carbocycles. The summed E-state index contributed by atoms with van der Waals surface area (Å²) in [6.45, 7) is 1.91. The SMILES string of the molecule is C/C(=N\NC(=O)CSc1nnc(-c2ccc(Cl)cc2)n1C1CCCCC1)c1cccc2ccccc12. The van der Waals surface area contributed by atoms with E-state index in [2.05, 4.69) is 43.5 Å². The van der Waals surface area contributed by atoms with Crippen molar-refractivity contribution in [3.05, 3.63) is 77.3 Å². The van der Waals surface area contributed by atoms with Gasteiger partial charge in [-0.05, 0) is 54.8 Å². The van der Waals surface area contributed by atoms with Gasteiger partial charge in [-0.3, -0.25) is 9.36 Å². The van der Waals surface area contributed by atoms with Crippen LogP contribution in [0, 0.1) is 0 Å². The van der Waals surface area contributed by atoms with Crippen molar-refractivity contribution < 1.29 is 4.79 Å². The number of rotatable bonds is 7. The fourth-order valence-electron chi connectivity index (χ4n) is 4.75. The highest BCUT2D eigenvalue weighted by atomic mass is 35.5. The zero-order valence-electron chi connectivity index (χ0n) is 20.2. The molecule has 0 spiro atoms. The number of amides is 1. The maximum Gasteiger partial charge on any atom is 0.250 e. The maximum absolute atomic E-state index is 12.7. The first-order valence-electron chi connectivity index (χ1n) is 12.2. The Bertz CT molecular complexity index is 1390. The third-order valence-electron chi connectivity index (χ3n) is 6.57. The molecule has 1 aromatic heterocycles. The molecule has 5 rings (SSSR count). The van der Waals surface area contributed by atoms with Crippen LogP contribution >= 0.6 is 23.4 Å². The van der Waals surface area contributed by atoms with Crippen LogP contribution in [-0.4, -0.2) is 32.1 Å². The van der Waals surface area contributed by atoms with E-state index in [1.807, 2.05) is 55.5 Å². The summed E-state index contributed by atoms with van der Waals surface area (Å²) in [7, 11) is 0. The van der Waals surface area contributed by atoms with E-state index >= 15 is 0 Å². The number of nitrogens with zero attached hydrogens (tertiary/aromatic N) is 4. The second-order valence-electron chi connectivity index (χ2n) is 9.02. The quantitative estimate of drug-likeness (QED) is 0.164. The number of carbonyl (C=O) groups excluding carboxylic acids is 1. The van der Waals surface area contributed by atoms with E-state index in [0.717, 1.165) is 51.4 Å². The van der Waals surface area contributed by atoms with Gasteiger partial charge in [-0.2, -0.15) is 5.10 Å². The van der Waals surface area contributed by atoms with Gasteiger partial charge in [0.1, 0.15) is 0 Å². The van der Waals surface area contributed by atoms with E-state index in [-0.39, 0.29) is 11.7 Å². The van der Waals surface area contributed by atoms with Gasteiger partial charge < -0.3 is 0 Å². The first-order valence-corrected chi connectivity index (χ1v) is 13.6. The van der Waals surface area contributed by atoms with Crippen molar-refractivity contribution in [3.63, 3.8) is 0 Å². The summed E-state index contributed by atoms with van der Waals surface area (Å²) >= 11 is 7.49. The van der Waals surface area contributed by atoms with Crippen molar-refractivity contribution in [2.45, 2.75) is 50.2 Å². The van der Waals surface area contributed by atoms with E-state index in [0.29, 0.717) is 11.1 Å². The van der Waals surface area contributed by atoms with Gasteiger partial charge in [-0.25, -0.2) is 5.43 Å². The van der Waals surface area contributed by atoms with Gasteiger partial charge in [0, 0.05) is 22.2 Å². The van der Waals surface area contributed by atoms with Crippen molar-refractivity contribution in [1.82, 2.24) is 20.2 Å². The summed E-state index contributed by atoms with van der Waals surface area (Å²) in [5, 5.41) is 17.1. The lowest BCUT2D eigenvalue weighted by molar-refractivity contribution is -0.118. The molecule has 0 radical (unpaired) electrons. The molecule has 1 N–H and O–H groups in total. The molecule has 4 aromatic rings. The summed E-state index contributed by atoms with van der Waals surface area (Å²) in [6.07, 6.45) is 5.82. The minimum Gasteiger partial charge on any atom is -0.299 e. The van der Waals surface area contributed by atoms with Crippen LogP contribution in [0.4, 0.5) is 0 Å². The zero-order chi connectivity index (χ0) is 24.9. The summed E-state index contributed by atoms with van der Waals surface area (Å²) in [5.41, 5.74) is 5.46. The van der Waals surface area contributed by atoms with E-state index in [4.69, 9.17) is 11.6 Å². The molecule has 36 heavy (non-hydrogen) atoms. The third-order valence-corrected chi connectivity index (χ3v) is 7.76. The monoisotopic (exact) mass is 517 g/mol. The summed E-state index contributed by atoms with van der Waals surface area (Å²) < 4.78 is 2.21. The number of thioether (sulfide) groups is 1. The predicted molar refractivity (Wildman–Crippen MR) is 148 cm³/mol. The van der Waals surface area contributed by atoms with Crippen LogP contribution in [0.15, 0.2) is 77.0 Å². The van der Waals surface area contributed by atoms with Crippen molar-refractivity contribution in [2.24, 2.45) is 5.10 Å². The van der Waals surface area contributed by atoms with Crippen molar-refractivity contribution in [3.8, 4) is 11.4 Å². The Morgan fingerprint density at radius 1 is 1.03 bits per heavy atom. The Hall–Kier alpha value is -3.16. The van der Waals surface area contributed by atoms with Gasteiger partial charge in [0.15, 0.2) is 11.0 Å². The van der Waals surface area contributed by atoms with Crippen LogP contribution in [-0.2, 0) is 4.79 Å². The number of hydrogen-bond acceptors (Lipinski definition) is 5. The highest BCUT2D eigenvalue weighted by Crippen LogP contribution is 2.35. The molecule has 1 aliphatic rings. The highest BCUT2D eigenvalue weighted by molar-refractivity contribution is 7.99. The Morgan fingerprint density at radius 3 is 2.58 bits per heavy atom. The van der Waals surface area contributed by atoms with Gasteiger partial charge in [-0.1, -0.05) is 85.1 Å². The van der Waals surface area contributed by atoms with Crippen molar-refractivity contribution >= 4 is 45.8 Å². The normalized spacial score (nSPS) is 14.8. The summed E-state index contributed by atoms with van der Waals surface area (Å²) in [6, 6.07) is 22.3. The lowest BCUT2D eigenvalue weighted by atomic mass is 9.95. The Labute approximate surface area is 220 Å². The number of carbonyl (C=O) groups is 1. The molecule has 184 valence electrons. The van der Waals surface area contributed by atoms with E-state index in [9.17, 15) is 4.79 Å². The van der Waals surface area contributed by atoms with Gasteiger partial charge in [0.2, 0.25) is 0 Å². The lowest BCUT2D eigenvalue weighted by Gasteiger charge is -2.25. The number of hydrazone groups is 1. The molecular formula is C28H28ClN5OS. The maximum atomic E-state index is 12.7. The molecular weight excluding hydrogens is 490 g/mol. The lowest BCUT2D eigenvalue weighted by Crippen LogP contribution is -2.22. The molecule has 0 bridgehead atoms. The number of halogens is 1. The molecule has 1 fully saturated rings. The van der Waals surface area contributed by atoms with Crippen LogP contribution in [0.5, 0.6) is 0 Å². The molecule has 8 heteroatoms. The first-order chi connectivity index (χ1) is 17.6. The van der Waals surface area contributed by atoms with E-state index in [1.165, 1.54) is 31.0 Å². The van der Waals surface area contributed by atoms with Crippen molar-refractivity contribution in [2.75, 3.05) is 5.75 Å². The van der Waals surface area contributed by atoms with Crippen LogP contribution in [0.25, 0.3) is 22.2 Å². The number of nitrogens with one attached hydrogen (secondary N) is 1. The Kier molecular flexibility index (Phi) is 7.68. The molecule has 3 aromatic carbocycles. The van der Waals surface area contributed by atoms with Crippen molar-refractivity contribution in [1.29, 1.82) is 0 Å². The van der Waals surface area contributed by atoms with Crippen LogP contribution in [0.3, 0.4) is 0 Å². The van der Waals surface area contributed by atoms with Crippen LogP contribution < -0.4 is 5.43 Å². The zero-order valence-corrected chi connectivity index (χ0v) is 21.7. The smallest absolute Gasteiger partial charge is 0.250 e. The molecule has 0 unspecified atom stereocenters. The Balaban J connectivity index is 1.31. The fraction of sp³-hybridized carbons (Fsp3) is 0.286. The predicted octanol–water partition coefficient (Wildman–Crippen LogP) is 6.89. The largest absolute Gasteiger partial charge is 0.299 e. The molecule has 1 amide bonds. The topological polar surface area (TPSA) is 72.2 Å². The van der Waals surface area contributed by atoms with E-state index < -0.39 is 0 Å². The molecule has 0 atom stereocenters. The number of benzene rings is 3. The first kappa shape index (κ1) is 24.5. The standard InChI is InChI=1S/C28H28ClN5OS/c1-19(24-13-7-9-20-8-5-6-12-25(20)24)30-31-26(35)18-36-28-33-32-27(21-14-16-22(29)17-15-21)34(28)23-10-3-2-4-11-23/h5-9,12-17,23H,2-4,10-11,18H2,1H3,(H,31,35)/b30-19+. The molecule has 6 nitrogen and oxygen atoms in total. The minimum absolute atomic E-state index is 0.175. The number of fused-ring (bicyclic) bond motifs is 1. The molecule has 0 saturated heterocycles. The van der Waals surface area contributed by atoms with Gasteiger partial charge in [-0.15, -0.1) is 10.2 Å². The highest BCUT2D eigenvalue weighted by Gasteiger charge is 2.24. The second kappa shape index (κ2) is 11.3. The fourth-order valence-corrected chi connectivity index (χ4v) is 5.67. The molecule has 1 saturated carbocycles. The van der Waals surface area contributed by atoms with Crippen LogP contribution in [0.1, 0.15) is 50.6 Å². The Morgan fingerprint density at radius 2 is 1.78 bits per heavy atom. The summed E-state index contributed by atoms with van der Waals surface area (Å²) in [5.74, 6) is 0.856. The van der Waals surface area contributed by atoms with E-state index in [1.54, 1.807) is 0 Å². The molecule has 0 aliphatic heterocycles. The molecule has 1 heterocycles. The van der Waals surface area contributed by atoms with Gasteiger partial charge in [0.25, 0.3) is 5.91 Å². The van der Waals surface area contributed by atoms with Gasteiger partial charge >= 0.3 is 0 Å². The minimum atomic E-state index is -0.175. The average molecular weight is 518 g/mol. The van der Waals surface area contributed by atoms with Crippen LogP contribution in [0.2, 0.25) is 5.02 Å². The number of hydrogen-bond donors (Lipinski definition) is 1. The summed E-state index contributed by atoms with van der Waals surface area (Å²) in [4.78, 5) is 12.7. The third kappa shape index (κ3) is 5.47. The second-order valence-corrected chi connectivity index (χ2v) is 10.4. The number of aromatic nitrogens is 3. The average Bonchev–Trinajstić information content (AvgIpc) is 3.35.